The zero-order chi connectivity index (χ0) is 23.9. The summed E-state index contributed by atoms with van der Waals surface area (Å²) in [7, 11) is -4.15. The summed E-state index contributed by atoms with van der Waals surface area (Å²) >= 11 is 0. The maximum absolute atomic E-state index is 13.5. The number of amides is 1. The number of hydrogen-bond donors (Lipinski definition) is 2. The fourth-order valence-corrected chi connectivity index (χ4v) is 6.13. The SMILES string of the molecule is Cl.O=C(NO)C1(S(=O)(=O)c2ccc(Oc3ccc(C(F)(F)F)cc3)cc2)CCN(C2CC2)CC1. The van der Waals surface area contributed by atoms with Crippen LogP contribution in [0, 0.1) is 0 Å². The molecule has 0 aromatic heterocycles. The predicted octanol–water partition coefficient (Wildman–Crippen LogP) is 4.20. The predicted molar refractivity (Wildman–Crippen MR) is 119 cm³/mol. The Hall–Kier alpha value is -2.34. The normalized spacial score (nSPS) is 18.6. The summed E-state index contributed by atoms with van der Waals surface area (Å²) in [5.74, 6) is -0.580. The third-order valence-corrected chi connectivity index (χ3v) is 8.77. The minimum atomic E-state index is -4.46. The first-order valence-electron chi connectivity index (χ1n) is 10.5. The molecular weight excluding hydrogens is 497 g/mol. The number of piperidine rings is 1. The number of likely N-dealkylation sites (tertiary alicyclic amines) is 1. The number of carbonyl (C=O) groups is 1. The molecule has 34 heavy (non-hydrogen) atoms. The molecule has 2 aliphatic rings. The van der Waals surface area contributed by atoms with Gasteiger partial charge < -0.3 is 9.64 Å². The van der Waals surface area contributed by atoms with Crippen LogP contribution in [0.25, 0.3) is 0 Å². The van der Waals surface area contributed by atoms with Gasteiger partial charge in [-0.15, -0.1) is 12.4 Å². The smallest absolute Gasteiger partial charge is 0.416 e. The zero-order valence-corrected chi connectivity index (χ0v) is 19.5. The van der Waals surface area contributed by atoms with Gasteiger partial charge in [0.15, 0.2) is 14.6 Å². The molecule has 2 fully saturated rings. The second-order valence-corrected chi connectivity index (χ2v) is 10.6. The average molecular weight is 521 g/mol. The molecular formula is C22H24ClF3N2O5S. The van der Waals surface area contributed by atoms with Gasteiger partial charge in [0, 0.05) is 19.1 Å². The monoisotopic (exact) mass is 520 g/mol. The molecule has 1 aliphatic heterocycles. The van der Waals surface area contributed by atoms with Crippen LogP contribution in [0.2, 0.25) is 0 Å². The molecule has 7 nitrogen and oxygen atoms in total. The van der Waals surface area contributed by atoms with E-state index in [1.807, 2.05) is 0 Å². The van der Waals surface area contributed by atoms with Gasteiger partial charge in [0.2, 0.25) is 0 Å². The molecule has 0 radical (unpaired) electrons. The largest absolute Gasteiger partial charge is 0.457 e. The van der Waals surface area contributed by atoms with Gasteiger partial charge in [-0.2, -0.15) is 13.2 Å². The van der Waals surface area contributed by atoms with Crippen LogP contribution in [0.15, 0.2) is 53.4 Å². The molecule has 0 atom stereocenters. The molecule has 4 rings (SSSR count). The number of nitrogens with zero attached hydrogens (tertiary/aromatic N) is 1. The third kappa shape index (κ3) is 5.02. The van der Waals surface area contributed by atoms with Crippen molar-refractivity contribution in [3.63, 3.8) is 0 Å². The van der Waals surface area contributed by atoms with Gasteiger partial charge in [-0.3, -0.25) is 10.0 Å². The van der Waals surface area contributed by atoms with Crippen molar-refractivity contribution in [2.24, 2.45) is 0 Å². The summed E-state index contributed by atoms with van der Waals surface area (Å²) in [5.41, 5.74) is 0.720. The van der Waals surface area contributed by atoms with E-state index >= 15 is 0 Å². The van der Waals surface area contributed by atoms with Crippen LogP contribution in [-0.4, -0.2) is 48.3 Å². The Labute approximate surface area is 201 Å². The van der Waals surface area contributed by atoms with Crippen LogP contribution < -0.4 is 10.2 Å². The second kappa shape index (κ2) is 9.73. The Kier molecular flexibility index (Phi) is 7.51. The summed E-state index contributed by atoms with van der Waals surface area (Å²) < 4.78 is 68.7. The average Bonchev–Trinajstić information content (AvgIpc) is 3.64. The molecule has 186 valence electrons. The molecule has 2 N–H and O–H groups in total. The lowest BCUT2D eigenvalue weighted by atomic mass is 9.94. The minimum absolute atomic E-state index is 0. The van der Waals surface area contributed by atoms with Gasteiger partial charge in [-0.1, -0.05) is 0 Å². The van der Waals surface area contributed by atoms with Crippen molar-refractivity contribution in [2.45, 2.75) is 47.5 Å². The number of halogens is 4. The van der Waals surface area contributed by atoms with Crippen LogP contribution in [-0.2, 0) is 20.8 Å². The van der Waals surface area contributed by atoms with Crippen molar-refractivity contribution in [1.29, 1.82) is 0 Å². The van der Waals surface area contributed by atoms with Crippen molar-refractivity contribution in [1.82, 2.24) is 10.4 Å². The number of benzene rings is 2. The van der Waals surface area contributed by atoms with E-state index in [1.165, 1.54) is 41.9 Å². The Balaban J connectivity index is 0.00000324. The summed E-state index contributed by atoms with van der Waals surface area (Å²) in [6.45, 7) is 0.874. The first-order chi connectivity index (χ1) is 15.6. The summed E-state index contributed by atoms with van der Waals surface area (Å²) in [6, 6.07) is 9.86. The molecule has 0 bridgehead atoms. The van der Waals surface area contributed by atoms with E-state index in [1.54, 1.807) is 0 Å². The fourth-order valence-electron chi connectivity index (χ4n) is 4.17. The van der Waals surface area contributed by atoms with E-state index in [9.17, 15) is 31.6 Å². The number of hydroxylamine groups is 1. The molecule has 0 unspecified atom stereocenters. The van der Waals surface area contributed by atoms with E-state index in [2.05, 4.69) is 4.90 Å². The highest BCUT2D eigenvalue weighted by molar-refractivity contribution is 7.93. The number of sulfone groups is 1. The molecule has 1 aliphatic carbocycles. The lowest BCUT2D eigenvalue weighted by Gasteiger charge is -2.39. The Bertz CT molecular complexity index is 1110. The molecule has 0 spiro atoms. The minimum Gasteiger partial charge on any atom is -0.457 e. The van der Waals surface area contributed by atoms with Gasteiger partial charge >= 0.3 is 6.18 Å². The van der Waals surface area contributed by atoms with Gasteiger partial charge in [0.05, 0.1) is 10.5 Å². The Morgan fingerprint density at radius 3 is 1.94 bits per heavy atom. The Morgan fingerprint density at radius 2 is 1.50 bits per heavy atom. The number of ether oxygens (including phenoxy) is 1. The number of rotatable bonds is 6. The summed E-state index contributed by atoms with van der Waals surface area (Å²) in [6.07, 6.45) is -2.22. The highest BCUT2D eigenvalue weighted by atomic mass is 35.5. The summed E-state index contributed by atoms with van der Waals surface area (Å²) in [4.78, 5) is 14.6. The molecule has 1 saturated carbocycles. The van der Waals surface area contributed by atoms with Crippen molar-refractivity contribution < 1.29 is 36.3 Å². The maximum Gasteiger partial charge on any atom is 0.416 e. The lowest BCUT2D eigenvalue weighted by molar-refractivity contribution is -0.137. The number of alkyl halides is 3. The van der Waals surface area contributed by atoms with Crippen LogP contribution >= 0.6 is 12.4 Å². The van der Waals surface area contributed by atoms with E-state index in [0.717, 1.165) is 25.0 Å². The van der Waals surface area contributed by atoms with Gasteiger partial charge in [0.25, 0.3) is 5.91 Å². The third-order valence-electron chi connectivity index (χ3n) is 6.25. The molecule has 12 heteroatoms. The van der Waals surface area contributed by atoms with Crippen molar-refractivity contribution in [2.75, 3.05) is 13.1 Å². The number of nitrogens with one attached hydrogen (secondary N) is 1. The zero-order valence-electron chi connectivity index (χ0n) is 17.9. The molecule has 1 amide bonds. The van der Waals surface area contributed by atoms with Crippen molar-refractivity contribution in [3.05, 3.63) is 54.1 Å². The topological polar surface area (TPSA) is 95.9 Å². The van der Waals surface area contributed by atoms with E-state index in [-0.39, 0.29) is 41.6 Å². The fraction of sp³-hybridized carbons (Fsp3) is 0.409. The van der Waals surface area contributed by atoms with Crippen LogP contribution in [0.5, 0.6) is 11.5 Å². The highest BCUT2D eigenvalue weighted by Crippen LogP contribution is 2.40. The van der Waals surface area contributed by atoms with Gasteiger partial charge in [0.1, 0.15) is 11.5 Å². The van der Waals surface area contributed by atoms with Crippen LogP contribution in [0.1, 0.15) is 31.2 Å². The second-order valence-electron chi connectivity index (χ2n) is 8.30. The quantitative estimate of drug-likeness (QED) is 0.438. The maximum atomic E-state index is 13.5. The van der Waals surface area contributed by atoms with E-state index < -0.39 is 32.2 Å². The van der Waals surface area contributed by atoms with Crippen molar-refractivity contribution in [3.8, 4) is 11.5 Å². The number of carbonyl (C=O) groups excluding carboxylic acids is 1. The summed E-state index contributed by atoms with van der Waals surface area (Å²) in [5, 5.41) is 9.26. The van der Waals surface area contributed by atoms with Gasteiger partial charge in [-0.25, -0.2) is 13.9 Å². The van der Waals surface area contributed by atoms with E-state index in [0.29, 0.717) is 19.1 Å². The van der Waals surface area contributed by atoms with Crippen molar-refractivity contribution >= 4 is 28.2 Å². The molecule has 2 aromatic rings. The van der Waals surface area contributed by atoms with Crippen LogP contribution in [0.4, 0.5) is 13.2 Å². The van der Waals surface area contributed by atoms with E-state index in [4.69, 9.17) is 4.74 Å². The van der Waals surface area contributed by atoms with Gasteiger partial charge in [-0.05, 0) is 74.2 Å². The van der Waals surface area contributed by atoms with Crippen LogP contribution in [0.3, 0.4) is 0 Å². The first kappa shape index (κ1) is 26.3. The molecule has 1 heterocycles. The first-order valence-corrected chi connectivity index (χ1v) is 11.9. The Morgan fingerprint density at radius 1 is 1.00 bits per heavy atom. The number of hydrogen-bond acceptors (Lipinski definition) is 6. The lowest BCUT2D eigenvalue weighted by Crippen LogP contribution is -2.58. The highest BCUT2D eigenvalue weighted by Gasteiger charge is 2.54. The standard InChI is InChI=1S/C22H23F3N2O5S.ClH/c23-22(24,25)15-1-5-17(6-2-15)32-18-7-9-19(10-8-18)33(30,31)21(20(28)26-29)11-13-27(14-12-21)16-3-4-16;/h1-2,5-10,16,29H,3-4,11-14H2,(H,26,28);1H. The molecule has 1 saturated heterocycles. The molecule has 2 aromatic carbocycles.